The molecule has 1 aliphatic rings. The van der Waals surface area contributed by atoms with Crippen molar-refractivity contribution < 1.29 is 5.11 Å². The molecule has 0 bridgehead atoms. The number of aromatic nitrogens is 3. The van der Waals surface area contributed by atoms with Crippen molar-refractivity contribution in [1.29, 1.82) is 5.41 Å². The van der Waals surface area contributed by atoms with Crippen molar-refractivity contribution in [2.24, 2.45) is 18.2 Å². The predicted octanol–water partition coefficient (Wildman–Crippen LogP) is 2.17. The van der Waals surface area contributed by atoms with E-state index in [4.69, 9.17) is 11.1 Å². The van der Waals surface area contributed by atoms with Crippen LogP contribution in [-0.4, -0.2) is 24.6 Å². The van der Waals surface area contributed by atoms with Crippen LogP contribution in [0.5, 0.6) is 5.88 Å². The van der Waals surface area contributed by atoms with Gasteiger partial charge in [0.25, 0.3) is 11.1 Å². The minimum Gasteiger partial charge on any atom is -0.494 e. The summed E-state index contributed by atoms with van der Waals surface area (Å²) < 4.78 is 3.93. The molecule has 0 aliphatic heterocycles. The maximum atomic E-state index is 13.2. The SMILES string of the molecule is CCCCn1c(O)c(C(=N)N)c(=O)n(C2CCC(C)(Cc3ccn(C)c(=O)c3C)CC2)c1=O. The molecule has 2 heterocycles. The minimum atomic E-state index is -0.700. The summed E-state index contributed by atoms with van der Waals surface area (Å²) in [5.41, 5.74) is 5.76. The van der Waals surface area contributed by atoms with E-state index >= 15 is 0 Å². The first-order chi connectivity index (χ1) is 15.5. The van der Waals surface area contributed by atoms with Crippen LogP contribution in [0.15, 0.2) is 26.6 Å². The van der Waals surface area contributed by atoms with Crippen molar-refractivity contribution in [2.75, 3.05) is 0 Å². The monoisotopic (exact) mass is 457 g/mol. The van der Waals surface area contributed by atoms with E-state index in [1.165, 1.54) is 9.13 Å². The van der Waals surface area contributed by atoms with Gasteiger partial charge in [-0.1, -0.05) is 20.3 Å². The third-order valence-corrected chi connectivity index (χ3v) is 7.12. The first-order valence-corrected chi connectivity index (χ1v) is 11.6. The van der Waals surface area contributed by atoms with E-state index in [1.807, 2.05) is 19.9 Å². The van der Waals surface area contributed by atoms with E-state index in [9.17, 15) is 19.5 Å². The third kappa shape index (κ3) is 4.67. The zero-order valence-electron chi connectivity index (χ0n) is 20.0. The topological polar surface area (TPSA) is 136 Å². The van der Waals surface area contributed by atoms with Crippen LogP contribution in [-0.2, 0) is 20.0 Å². The van der Waals surface area contributed by atoms with Gasteiger partial charge in [0.2, 0.25) is 5.88 Å². The van der Waals surface area contributed by atoms with Gasteiger partial charge in [0, 0.05) is 31.4 Å². The second-order valence-electron chi connectivity index (χ2n) is 9.68. The molecule has 9 nitrogen and oxygen atoms in total. The number of hydrogen-bond donors (Lipinski definition) is 3. The molecule has 1 aliphatic carbocycles. The number of aromatic hydroxyl groups is 1. The molecule has 0 radical (unpaired) electrons. The fourth-order valence-corrected chi connectivity index (χ4v) is 4.92. The minimum absolute atomic E-state index is 0.00447. The van der Waals surface area contributed by atoms with Crippen molar-refractivity contribution >= 4 is 5.84 Å². The van der Waals surface area contributed by atoms with Crippen LogP contribution < -0.4 is 22.5 Å². The van der Waals surface area contributed by atoms with Crippen LogP contribution in [0.4, 0.5) is 0 Å². The number of rotatable bonds is 7. The average molecular weight is 458 g/mol. The zero-order chi connectivity index (χ0) is 24.5. The van der Waals surface area contributed by atoms with E-state index in [0.29, 0.717) is 19.3 Å². The zero-order valence-corrected chi connectivity index (χ0v) is 20.0. The van der Waals surface area contributed by atoms with Crippen molar-refractivity contribution in [3.63, 3.8) is 0 Å². The Hall–Kier alpha value is -3.10. The van der Waals surface area contributed by atoms with Crippen LogP contribution in [0.1, 0.15) is 75.1 Å². The predicted molar refractivity (Wildman–Crippen MR) is 128 cm³/mol. The van der Waals surface area contributed by atoms with Gasteiger partial charge in [-0.25, -0.2) is 4.79 Å². The van der Waals surface area contributed by atoms with E-state index in [2.05, 4.69) is 6.92 Å². The quantitative estimate of drug-likeness (QED) is 0.432. The molecule has 0 aromatic carbocycles. The highest BCUT2D eigenvalue weighted by molar-refractivity contribution is 5.96. The summed E-state index contributed by atoms with van der Waals surface area (Å²) in [7, 11) is 1.74. The summed E-state index contributed by atoms with van der Waals surface area (Å²) in [6.45, 7) is 6.26. The molecule has 0 saturated heterocycles. The Balaban J connectivity index is 1.91. The lowest BCUT2D eigenvalue weighted by molar-refractivity contribution is 0.165. The van der Waals surface area contributed by atoms with Gasteiger partial charge in [0.1, 0.15) is 11.4 Å². The van der Waals surface area contributed by atoms with E-state index < -0.39 is 23.0 Å². The molecule has 180 valence electrons. The molecular weight excluding hydrogens is 422 g/mol. The van der Waals surface area contributed by atoms with E-state index in [1.54, 1.807) is 17.8 Å². The van der Waals surface area contributed by atoms with Crippen LogP contribution in [0.3, 0.4) is 0 Å². The number of nitrogens with two attached hydrogens (primary N) is 1. The number of nitrogens with one attached hydrogen (secondary N) is 1. The molecule has 0 unspecified atom stereocenters. The third-order valence-electron chi connectivity index (χ3n) is 7.12. The molecule has 9 heteroatoms. The van der Waals surface area contributed by atoms with Crippen molar-refractivity contribution in [2.45, 2.75) is 78.3 Å². The summed E-state index contributed by atoms with van der Waals surface area (Å²) in [6, 6.07) is 1.67. The van der Waals surface area contributed by atoms with Crippen LogP contribution in [0, 0.1) is 17.7 Å². The number of nitrogen functional groups attached to an aromatic ring is 1. The maximum absolute atomic E-state index is 13.2. The molecule has 3 rings (SSSR count). The number of hydrogen-bond acceptors (Lipinski definition) is 5. The summed E-state index contributed by atoms with van der Waals surface area (Å²) in [6.07, 6.45) is 6.80. The van der Waals surface area contributed by atoms with Crippen LogP contribution in [0.25, 0.3) is 0 Å². The summed E-state index contributed by atoms with van der Waals surface area (Å²) in [5.74, 6) is -1.07. The molecule has 0 amide bonds. The first-order valence-electron chi connectivity index (χ1n) is 11.6. The second kappa shape index (κ2) is 9.41. The lowest BCUT2D eigenvalue weighted by Crippen LogP contribution is -2.46. The van der Waals surface area contributed by atoms with E-state index in [-0.39, 0.29) is 29.1 Å². The summed E-state index contributed by atoms with van der Waals surface area (Å²) in [4.78, 5) is 38.6. The smallest absolute Gasteiger partial charge is 0.334 e. The number of amidine groups is 1. The summed E-state index contributed by atoms with van der Waals surface area (Å²) >= 11 is 0. The highest BCUT2D eigenvalue weighted by Gasteiger charge is 2.35. The Kier molecular flexibility index (Phi) is 7.00. The molecule has 0 spiro atoms. The largest absolute Gasteiger partial charge is 0.494 e. The standard InChI is InChI=1S/C24H35N5O4/c1-5-6-12-28-21(31)18(19(25)26)22(32)29(23(28)33)17-7-10-24(3,11-8-17)14-16-9-13-27(4)20(30)15(16)2/h9,13,17,31H,5-8,10-12,14H2,1-4H3,(H3,25,26). The van der Waals surface area contributed by atoms with Gasteiger partial charge in [-0.05, 0) is 62.5 Å². The molecular formula is C24H35N5O4. The molecule has 4 N–H and O–H groups in total. The fraction of sp³-hybridized carbons (Fsp3) is 0.583. The average Bonchev–Trinajstić information content (AvgIpc) is 2.75. The maximum Gasteiger partial charge on any atom is 0.334 e. The van der Waals surface area contributed by atoms with Crippen molar-refractivity contribution in [1.82, 2.24) is 13.7 Å². The Morgan fingerprint density at radius 1 is 1.24 bits per heavy atom. The number of aryl methyl sites for hydroxylation is 1. The second-order valence-corrected chi connectivity index (χ2v) is 9.68. The van der Waals surface area contributed by atoms with E-state index in [0.717, 1.165) is 36.8 Å². The Morgan fingerprint density at radius 2 is 1.88 bits per heavy atom. The van der Waals surface area contributed by atoms with Gasteiger partial charge >= 0.3 is 5.69 Å². The van der Waals surface area contributed by atoms with Gasteiger partial charge < -0.3 is 15.4 Å². The van der Waals surface area contributed by atoms with Crippen molar-refractivity contribution in [3.8, 4) is 5.88 Å². The van der Waals surface area contributed by atoms with Gasteiger partial charge in [-0.2, -0.15) is 0 Å². The van der Waals surface area contributed by atoms with Gasteiger partial charge in [0.15, 0.2) is 0 Å². The Bertz CT molecular complexity index is 1230. The number of nitrogens with zero attached hydrogens (tertiary/aromatic N) is 3. The lowest BCUT2D eigenvalue weighted by Gasteiger charge is -2.38. The lowest BCUT2D eigenvalue weighted by atomic mass is 9.70. The molecule has 0 atom stereocenters. The van der Waals surface area contributed by atoms with Crippen LogP contribution >= 0.6 is 0 Å². The molecule has 1 saturated carbocycles. The highest BCUT2D eigenvalue weighted by Crippen LogP contribution is 2.42. The first kappa shape index (κ1) is 24.5. The number of pyridine rings is 1. The highest BCUT2D eigenvalue weighted by atomic mass is 16.3. The summed E-state index contributed by atoms with van der Waals surface area (Å²) in [5, 5.41) is 18.3. The fourth-order valence-electron chi connectivity index (χ4n) is 4.92. The van der Waals surface area contributed by atoms with Gasteiger partial charge in [0.05, 0.1) is 0 Å². The normalized spacial score (nSPS) is 20.7. The van der Waals surface area contributed by atoms with Gasteiger partial charge in [-0.3, -0.25) is 24.1 Å². The molecule has 33 heavy (non-hydrogen) atoms. The Labute approximate surface area is 193 Å². The van der Waals surface area contributed by atoms with Crippen molar-refractivity contribution in [3.05, 3.63) is 60.1 Å². The molecule has 1 fully saturated rings. The number of unbranched alkanes of at least 4 members (excludes halogenated alkanes) is 1. The Morgan fingerprint density at radius 3 is 2.45 bits per heavy atom. The molecule has 2 aromatic rings. The molecule has 2 aromatic heterocycles. The van der Waals surface area contributed by atoms with Gasteiger partial charge in [-0.15, -0.1) is 0 Å². The van der Waals surface area contributed by atoms with Crippen LogP contribution in [0.2, 0.25) is 0 Å².